The van der Waals surface area contributed by atoms with Gasteiger partial charge in [0.2, 0.25) is 10.0 Å². The molecule has 0 bridgehead atoms. The zero-order valence-electron chi connectivity index (χ0n) is 10.9. The Morgan fingerprint density at radius 3 is 2.28 bits per heavy atom. The van der Waals surface area contributed by atoms with Crippen LogP contribution < -0.4 is 5.32 Å². The molecule has 0 saturated heterocycles. The number of nitrogens with one attached hydrogen (secondary N) is 1. The van der Waals surface area contributed by atoms with Gasteiger partial charge < -0.3 is 5.32 Å². The molecule has 5 heteroatoms. The topological polar surface area (TPSA) is 49.4 Å². The molecule has 0 aliphatic heterocycles. The van der Waals surface area contributed by atoms with Crippen LogP contribution in [-0.4, -0.2) is 45.2 Å². The Bertz CT molecular complexity index is 486. The van der Waals surface area contributed by atoms with Crippen molar-refractivity contribution in [3.05, 3.63) is 35.4 Å². The number of rotatable bonds is 5. The first-order valence-corrected chi connectivity index (χ1v) is 7.80. The summed E-state index contributed by atoms with van der Waals surface area (Å²) in [5.74, 6) is 0.160. The van der Waals surface area contributed by atoms with Crippen LogP contribution in [0.4, 0.5) is 0 Å². The van der Waals surface area contributed by atoms with Crippen LogP contribution in [-0.2, 0) is 22.9 Å². The van der Waals surface area contributed by atoms with Crippen molar-refractivity contribution in [1.82, 2.24) is 9.62 Å². The zero-order valence-corrected chi connectivity index (χ0v) is 11.7. The highest BCUT2D eigenvalue weighted by atomic mass is 32.2. The van der Waals surface area contributed by atoms with Crippen LogP contribution in [0.1, 0.15) is 11.1 Å². The Morgan fingerprint density at radius 2 is 1.78 bits per heavy atom. The predicted octanol–water partition coefficient (Wildman–Crippen LogP) is 0.635. The van der Waals surface area contributed by atoms with Crippen LogP contribution in [0, 0.1) is 0 Å². The van der Waals surface area contributed by atoms with Crippen molar-refractivity contribution in [3.63, 3.8) is 0 Å². The molecule has 2 rings (SSSR count). The van der Waals surface area contributed by atoms with Crippen LogP contribution in [0.25, 0.3) is 0 Å². The Morgan fingerprint density at radius 1 is 1.22 bits per heavy atom. The van der Waals surface area contributed by atoms with E-state index in [4.69, 9.17) is 0 Å². The third-order valence-corrected chi connectivity index (χ3v) is 5.23. The van der Waals surface area contributed by atoms with Gasteiger partial charge in [0.15, 0.2) is 0 Å². The lowest BCUT2D eigenvalue weighted by Gasteiger charge is -2.14. The van der Waals surface area contributed by atoms with Gasteiger partial charge in [-0.15, -0.1) is 0 Å². The van der Waals surface area contributed by atoms with Crippen molar-refractivity contribution < 1.29 is 8.42 Å². The summed E-state index contributed by atoms with van der Waals surface area (Å²) in [5.41, 5.74) is 2.76. The van der Waals surface area contributed by atoms with Crippen molar-refractivity contribution in [2.24, 2.45) is 0 Å². The van der Waals surface area contributed by atoms with Gasteiger partial charge in [-0.2, -0.15) is 0 Å². The number of sulfonamides is 1. The van der Waals surface area contributed by atoms with Gasteiger partial charge in [0.05, 0.1) is 5.75 Å². The van der Waals surface area contributed by atoms with E-state index in [0.29, 0.717) is 12.6 Å². The van der Waals surface area contributed by atoms with E-state index in [2.05, 4.69) is 29.6 Å². The molecule has 1 aromatic rings. The van der Waals surface area contributed by atoms with E-state index < -0.39 is 10.0 Å². The third-order valence-electron chi connectivity index (χ3n) is 3.40. The Labute approximate surface area is 109 Å². The summed E-state index contributed by atoms with van der Waals surface area (Å²) in [5, 5.41) is 3.33. The predicted molar refractivity (Wildman–Crippen MR) is 73.1 cm³/mol. The first kappa shape index (κ1) is 13.5. The van der Waals surface area contributed by atoms with Gasteiger partial charge >= 0.3 is 0 Å². The molecule has 0 heterocycles. The maximum atomic E-state index is 11.6. The van der Waals surface area contributed by atoms with E-state index in [1.165, 1.54) is 15.4 Å². The molecule has 0 spiro atoms. The number of hydrogen-bond donors (Lipinski definition) is 1. The Kier molecular flexibility index (Phi) is 4.04. The number of nitrogens with zero attached hydrogens (tertiary/aromatic N) is 1. The van der Waals surface area contributed by atoms with Crippen molar-refractivity contribution in [3.8, 4) is 0 Å². The lowest BCUT2D eigenvalue weighted by molar-refractivity contribution is 0.507. The average molecular weight is 268 g/mol. The highest BCUT2D eigenvalue weighted by molar-refractivity contribution is 7.89. The fourth-order valence-corrected chi connectivity index (χ4v) is 3.02. The van der Waals surface area contributed by atoms with Gasteiger partial charge in [0.1, 0.15) is 0 Å². The molecule has 100 valence electrons. The van der Waals surface area contributed by atoms with E-state index >= 15 is 0 Å². The van der Waals surface area contributed by atoms with E-state index in [-0.39, 0.29) is 5.75 Å². The summed E-state index contributed by atoms with van der Waals surface area (Å²) in [6, 6.07) is 8.77. The normalized spacial score (nSPS) is 16.2. The SMILES string of the molecule is CN(C)S(=O)(=O)CCNC1Cc2ccccc2C1. The van der Waals surface area contributed by atoms with Crippen LogP contribution in [0.2, 0.25) is 0 Å². The Hall–Kier alpha value is -0.910. The van der Waals surface area contributed by atoms with Crippen LogP contribution >= 0.6 is 0 Å². The van der Waals surface area contributed by atoms with Gasteiger partial charge in [-0.05, 0) is 24.0 Å². The second kappa shape index (κ2) is 5.38. The number of benzene rings is 1. The molecule has 0 fully saturated rings. The molecule has 0 saturated carbocycles. The van der Waals surface area contributed by atoms with E-state index in [9.17, 15) is 8.42 Å². The standard InChI is InChI=1S/C13H20N2O2S/c1-15(2)18(16,17)8-7-14-13-9-11-5-3-4-6-12(11)10-13/h3-6,13-14H,7-10H2,1-2H3. The summed E-state index contributed by atoms with van der Waals surface area (Å²) in [6.07, 6.45) is 2.00. The van der Waals surface area contributed by atoms with Crippen LogP contribution in [0.5, 0.6) is 0 Å². The summed E-state index contributed by atoms with van der Waals surface area (Å²) >= 11 is 0. The van der Waals surface area contributed by atoms with Crippen molar-refractivity contribution >= 4 is 10.0 Å². The molecule has 1 N–H and O–H groups in total. The molecule has 0 atom stereocenters. The molecule has 18 heavy (non-hydrogen) atoms. The smallest absolute Gasteiger partial charge is 0.214 e. The van der Waals surface area contributed by atoms with Gasteiger partial charge in [0, 0.05) is 26.7 Å². The minimum Gasteiger partial charge on any atom is -0.312 e. The number of hydrogen-bond acceptors (Lipinski definition) is 3. The quantitative estimate of drug-likeness (QED) is 0.852. The van der Waals surface area contributed by atoms with Crippen molar-refractivity contribution in [2.45, 2.75) is 18.9 Å². The molecule has 0 unspecified atom stereocenters. The molecular weight excluding hydrogens is 248 g/mol. The second-order valence-corrected chi connectivity index (χ2v) is 7.23. The third kappa shape index (κ3) is 3.10. The molecule has 0 aromatic heterocycles. The largest absolute Gasteiger partial charge is 0.312 e. The molecule has 1 aliphatic carbocycles. The van der Waals surface area contributed by atoms with Crippen molar-refractivity contribution in [1.29, 1.82) is 0 Å². The maximum absolute atomic E-state index is 11.6. The molecule has 0 amide bonds. The van der Waals surface area contributed by atoms with E-state index in [1.54, 1.807) is 14.1 Å². The lowest BCUT2D eigenvalue weighted by Crippen LogP contribution is -2.36. The Balaban J connectivity index is 1.81. The average Bonchev–Trinajstić information content (AvgIpc) is 2.70. The van der Waals surface area contributed by atoms with Crippen LogP contribution in [0.15, 0.2) is 24.3 Å². The number of fused-ring (bicyclic) bond motifs is 1. The monoisotopic (exact) mass is 268 g/mol. The van der Waals surface area contributed by atoms with Crippen molar-refractivity contribution in [2.75, 3.05) is 26.4 Å². The first-order chi connectivity index (χ1) is 8.49. The van der Waals surface area contributed by atoms with E-state index in [1.807, 2.05) is 0 Å². The molecule has 4 nitrogen and oxygen atoms in total. The summed E-state index contributed by atoms with van der Waals surface area (Å²) in [6.45, 7) is 0.513. The lowest BCUT2D eigenvalue weighted by atomic mass is 10.1. The van der Waals surface area contributed by atoms with Gasteiger partial charge in [-0.1, -0.05) is 24.3 Å². The minimum absolute atomic E-state index is 0.160. The highest BCUT2D eigenvalue weighted by Gasteiger charge is 2.21. The fourth-order valence-electron chi connectivity index (χ4n) is 2.28. The molecule has 1 aromatic carbocycles. The highest BCUT2D eigenvalue weighted by Crippen LogP contribution is 2.21. The van der Waals surface area contributed by atoms with Crippen LogP contribution in [0.3, 0.4) is 0 Å². The first-order valence-electron chi connectivity index (χ1n) is 6.19. The second-order valence-electron chi connectivity index (χ2n) is 4.93. The molecule has 0 radical (unpaired) electrons. The zero-order chi connectivity index (χ0) is 13.2. The maximum Gasteiger partial charge on any atom is 0.214 e. The molecular formula is C13H20N2O2S. The van der Waals surface area contributed by atoms with Gasteiger partial charge in [0.25, 0.3) is 0 Å². The minimum atomic E-state index is -3.09. The summed E-state index contributed by atoms with van der Waals surface area (Å²) < 4.78 is 24.5. The van der Waals surface area contributed by atoms with Gasteiger partial charge in [-0.3, -0.25) is 0 Å². The summed E-state index contributed by atoms with van der Waals surface area (Å²) in [4.78, 5) is 0. The summed E-state index contributed by atoms with van der Waals surface area (Å²) in [7, 11) is 0.0539. The fraction of sp³-hybridized carbons (Fsp3) is 0.538. The van der Waals surface area contributed by atoms with E-state index in [0.717, 1.165) is 12.8 Å². The van der Waals surface area contributed by atoms with Gasteiger partial charge in [-0.25, -0.2) is 12.7 Å². The molecule has 1 aliphatic rings.